The molecule has 0 radical (unpaired) electrons. The van der Waals surface area contributed by atoms with E-state index in [4.69, 9.17) is 10.2 Å². The highest BCUT2D eigenvalue weighted by Gasteiger charge is 2.07. The quantitative estimate of drug-likeness (QED) is 0.783. The third kappa shape index (κ3) is 2.48. The molecule has 0 fully saturated rings. The topological polar surface area (TPSA) is 52.0 Å². The van der Waals surface area contributed by atoms with Crippen molar-refractivity contribution in [3.8, 4) is 0 Å². The van der Waals surface area contributed by atoms with Crippen LogP contribution in [0.1, 0.15) is 17.0 Å². The van der Waals surface area contributed by atoms with Gasteiger partial charge in [-0.2, -0.15) is 0 Å². The average Bonchev–Trinajstić information content (AvgIpc) is 2.82. The van der Waals surface area contributed by atoms with Gasteiger partial charge in [-0.3, -0.25) is 0 Å². The number of nitrogens with zero attached hydrogens (tertiary/aromatic N) is 1. The summed E-state index contributed by atoms with van der Waals surface area (Å²) in [6.07, 6.45) is 0.549. The van der Waals surface area contributed by atoms with Gasteiger partial charge < -0.3 is 10.2 Å². The molecular formula is C15H13FN2O. The Kier molecular flexibility index (Phi) is 3.01. The minimum Gasteiger partial charge on any atom is -0.440 e. The van der Waals surface area contributed by atoms with Crippen molar-refractivity contribution in [2.45, 2.75) is 13.0 Å². The molecule has 4 heteroatoms. The van der Waals surface area contributed by atoms with Crippen LogP contribution in [0.15, 0.2) is 46.9 Å². The molecule has 1 aromatic heterocycles. The lowest BCUT2D eigenvalue weighted by molar-refractivity contribution is 0.543. The Hall–Kier alpha value is -2.20. The van der Waals surface area contributed by atoms with Crippen molar-refractivity contribution in [2.24, 2.45) is 5.73 Å². The van der Waals surface area contributed by atoms with Gasteiger partial charge in [-0.25, -0.2) is 9.37 Å². The van der Waals surface area contributed by atoms with Crippen LogP contribution in [-0.2, 0) is 13.0 Å². The standard InChI is InChI=1S/C15H13FN2O/c16-12-4-1-10(2-5-12)8-15-18-13-6-3-11(9-17)7-14(13)19-15/h1-7H,8-9,17H2. The number of nitrogens with two attached hydrogens (primary N) is 1. The summed E-state index contributed by atoms with van der Waals surface area (Å²) in [6.45, 7) is 0.476. The Morgan fingerprint density at radius 1 is 1.05 bits per heavy atom. The fourth-order valence-electron chi connectivity index (χ4n) is 2.00. The highest BCUT2D eigenvalue weighted by Crippen LogP contribution is 2.19. The van der Waals surface area contributed by atoms with Crippen LogP contribution in [0.5, 0.6) is 0 Å². The molecule has 3 rings (SSSR count). The van der Waals surface area contributed by atoms with E-state index in [1.165, 1.54) is 12.1 Å². The molecule has 0 atom stereocenters. The lowest BCUT2D eigenvalue weighted by Gasteiger charge is -1.96. The molecule has 0 unspecified atom stereocenters. The summed E-state index contributed by atoms with van der Waals surface area (Å²) in [6, 6.07) is 12.1. The Balaban J connectivity index is 1.90. The molecule has 3 aromatic rings. The fourth-order valence-corrected chi connectivity index (χ4v) is 2.00. The van der Waals surface area contributed by atoms with Crippen LogP contribution < -0.4 is 5.73 Å². The number of rotatable bonds is 3. The molecule has 0 aliphatic carbocycles. The number of hydrogen-bond donors (Lipinski definition) is 1. The molecule has 0 bridgehead atoms. The van der Waals surface area contributed by atoms with Crippen molar-refractivity contribution in [3.63, 3.8) is 0 Å². The van der Waals surface area contributed by atoms with E-state index in [0.29, 0.717) is 18.9 Å². The van der Waals surface area contributed by atoms with E-state index in [-0.39, 0.29) is 5.82 Å². The molecule has 2 N–H and O–H groups in total. The largest absolute Gasteiger partial charge is 0.440 e. The third-order valence-electron chi connectivity index (χ3n) is 3.00. The average molecular weight is 256 g/mol. The van der Waals surface area contributed by atoms with E-state index in [0.717, 1.165) is 22.2 Å². The highest BCUT2D eigenvalue weighted by atomic mass is 19.1. The number of aromatic nitrogens is 1. The van der Waals surface area contributed by atoms with Gasteiger partial charge in [0, 0.05) is 13.0 Å². The van der Waals surface area contributed by atoms with Gasteiger partial charge in [-0.15, -0.1) is 0 Å². The zero-order valence-corrected chi connectivity index (χ0v) is 10.3. The highest BCUT2D eigenvalue weighted by molar-refractivity contribution is 5.73. The van der Waals surface area contributed by atoms with Crippen LogP contribution in [0, 0.1) is 5.82 Å². The molecule has 2 aromatic carbocycles. The van der Waals surface area contributed by atoms with E-state index in [2.05, 4.69) is 4.98 Å². The van der Waals surface area contributed by atoms with Gasteiger partial charge in [-0.05, 0) is 35.4 Å². The number of hydrogen-bond acceptors (Lipinski definition) is 3. The minimum absolute atomic E-state index is 0.242. The molecule has 0 saturated carbocycles. The van der Waals surface area contributed by atoms with E-state index in [1.807, 2.05) is 18.2 Å². The Morgan fingerprint density at radius 2 is 1.79 bits per heavy atom. The Morgan fingerprint density at radius 3 is 2.53 bits per heavy atom. The second kappa shape index (κ2) is 4.82. The molecule has 19 heavy (non-hydrogen) atoms. The van der Waals surface area contributed by atoms with Crippen molar-refractivity contribution in [3.05, 3.63) is 65.3 Å². The van der Waals surface area contributed by atoms with Crippen molar-refractivity contribution >= 4 is 11.1 Å². The maximum atomic E-state index is 12.8. The minimum atomic E-state index is -0.242. The third-order valence-corrected chi connectivity index (χ3v) is 3.00. The molecule has 0 aliphatic rings. The summed E-state index contributed by atoms with van der Waals surface area (Å²) < 4.78 is 18.5. The van der Waals surface area contributed by atoms with Crippen molar-refractivity contribution in [1.82, 2.24) is 4.98 Å². The summed E-state index contributed by atoms with van der Waals surface area (Å²) in [5.74, 6) is 0.379. The Labute approximate surface area is 109 Å². The lowest BCUT2D eigenvalue weighted by atomic mass is 10.1. The van der Waals surface area contributed by atoms with E-state index in [1.54, 1.807) is 12.1 Å². The number of fused-ring (bicyclic) bond motifs is 1. The van der Waals surface area contributed by atoms with Crippen LogP contribution in [0.25, 0.3) is 11.1 Å². The first-order valence-corrected chi connectivity index (χ1v) is 6.07. The fraction of sp³-hybridized carbons (Fsp3) is 0.133. The van der Waals surface area contributed by atoms with E-state index in [9.17, 15) is 4.39 Å². The normalized spacial score (nSPS) is 11.1. The van der Waals surface area contributed by atoms with Crippen LogP contribution >= 0.6 is 0 Å². The smallest absolute Gasteiger partial charge is 0.199 e. The first-order chi connectivity index (χ1) is 9.24. The van der Waals surface area contributed by atoms with Crippen LogP contribution in [0.4, 0.5) is 4.39 Å². The molecule has 3 nitrogen and oxygen atoms in total. The van der Waals surface area contributed by atoms with Crippen LogP contribution in [0.2, 0.25) is 0 Å². The van der Waals surface area contributed by atoms with Crippen molar-refractivity contribution < 1.29 is 8.81 Å². The van der Waals surface area contributed by atoms with E-state index < -0.39 is 0 Å². The molecular weight excluding hydrogens is 243 g/mol. The lowest BCUT2D eigenvalue weighted by Crippen LogP contribution is -1.94. The SMILES string of the molecule is NCc1ccc2nc(Cc3ccc(F)cc3)oc2c1. The maximum Gasteiger partial charge on any atom is 0.199 e. The van der Waals surface area contributed by atoms with Gasteiger partial charge >= 0.3 is 0 Å². The first-order valence-electron chi connectivity index (χ1n) is 6.07. The monoisotopic (exact) mass is 256 g/mol. The number of oxazole rings is 1. The summed E-state index contributed by atoms with van der Waals surface area (Å²) in [7, 11) is 0. The molecule has 96 valence electrons. The van der Waals surface area contributed by atoms with Crippen LogP contribution in [-0.4, -0.2) is 4.98 Å². The van der Waals surface area contributed by atoms with Gasteiger partial charge in [0.25, 0.3) is 0 Å². The summed E-state index contributed by atoms with van der Waals surface area (Å²) in [5, 5.41) is 0. The summed E-state index contributed by atoms with van der Waals surface area (Å²) >= 11 is 0. The maximum absolute atomic E-state index is 12.8. The van der Waals surface area contributed by atoms with Gasteiger partial charge in [-0.1, -0.05) is 18.2 Å². The summed E-state index contributed by atoms with van der Waals surface area (Å²) in [5.41, 5.74) is 9.11. The zero-order chi connectivity index (χ0) is 13.2. The second-order valence-corrected chi connectivity index (χ2v) is 4.42. The predicted molar refractivity (Wildman–Crippen MR) is 71.1 cm³/mol. The van der Waals surface area contributed by atoms with Gasteiger partial charge in [0.05, 0.1) is 0 Å². The van der Waals surface area contributed by atoms with Gasteiger partial charge in [0.2, 0.25) is 0 Å². The number of benzene rings is 2. The van der Waals surface area contributed by atoms with Crippen molar-refractivity contribution in [2.75, 3.05) is 0 Å². The molecule has 0 saturated heterocycles. The van der Waals surface area contributed by atoms with Gasteiger partial charge in [0.1, 0.15) is 11.3 Å². The van der Waals surface area contributed by atoms with E-state index >= 15 is 0 Å². The van der Waals surface area contributed by atoms with Crippen molar-refractivity contribution in [1.29, 1.82) is 0 Å². The molecule has 0 spiro atoms. The Bertz CT molecular complexity index is 704. The predicted octanol–water partition coefficient (Wildman–Crippen LogP) is 3.02. The first kappa shape index (κ1) is 11.9. The molecule has 0 aliphatic heterocycles. The zero-order valence-electron chi connectivity index (χ0n) is 10.3. The van der Waals surface area contributed by atoms with Crippen LogP contribution in [0.3, 0.4) is 0 Å². The number of halogens is 1. The summed E-state index contributed by atoms with van der Waals surface area (Å²) in [4.78, 5) is 4.40. The second-order valence-electron chi connectivity index (χ2n) is 4.42. The molecule has 1 heterocycles. The van der Waals surface area contributed by atoms with Gasteiger partial charge in [0.15, 0.2) is 11.5 Å². The molecule has 0 amide bonds.